The Morgan fingerprint density at radius 3 is 2.58 bits per heavy atom. The average molecular weight is 351 g/mol. The average Bonchev–Trinajstić information content (AvgIpc) is 2.64. The van der Waals surface area contributed by atoms with Crippen LogP contribution in [0.5, 0.6) is 0 Å². The minimum absolute atomic E-state index is 0.104. The molecule has 1 heterocycles. The molecule has 3 heteroatoms. The molecule has 0 N–H and O–H groups in total. The Morgan fingerprint density at radius 2 is 1.85 bits per heavy atom. The molecule has 0 amide bonds. The lowest BCUT2D eigenvalue weighted by Gasteiger charge is -2.55. The highest BCUT2D eigenvalue weighted by Gasteiger charge is 2.59. The molecular formula is C23H30N2O. The zero-order valence-electron chi connectivity index (χ0n) is 16.3. The van der Waals surface area contributed by atoms with Gasteiger partial charge in [0, 0.05) is 31.0 Å². The van der Waals surface area contributed by atoms with Crippen LogP contribution in [0.4, 0.5) is 0 Å². The first-order valence-corrected chi connectivity index (χ1v) is 10.1. The molecule has 3 aliphatic rings. The van der Waals surface area contributed by atoms with Gasteiger partial charge in [0.1, 0.15) is 0 Å². The molecule has 1 unspecified atom stereocenters. The van der Waals surface area contributed by atoms with Crippen molar-refractivity contribution in [2.24, 2.45) is 16.7 Å². The zero-order chi connectivity index (χ0) is 18.5. The Bertz CT molecular complexity index is 762. The summed E-state index contributed by atoms with van der Waals surface area (Å²) in [4.78, 5) is 19.2. The lowest BCUT2D eigenvalue weighted by atomic mass is 9.49. The molecular weight excluding hydrogens is 320 g/mol. The highest BCUT2D eigenvalue weighted by Crippen LogP contribution is 2.57. The lowest BCUT2D eigenvalue weighted by molar-refractivity contribution is -0.145. The van der Waals surface area contributed by atoms with Gasteiger partial charge in [-0.15, -0.1) is 0 Å². The molecule has 1 aromatic rings. The van der Waals surface area contributed by atoms with Gasteiger partial charge in [0.05, 0.1) is 0 Å². The van der Waals surface area contributed by atoms with Crippen molar-refractivity contribution in [3.05, 3.63) is 46.8 Å². The second-order valence-electron chi connectivity index (χ2n) is 9.57. The number of rotatable bonds is 1. The van der Waals surface area contributed by atoms with Gasteiger partial charge in [-0.2, -0.15) is 0 Å². The van der Waals surface area contributed by atoms with Crippen LogP contribution in [0.25, 0.3) is 4.85 Å². The van der Waals surface area contributed by atoms with E-state index >= 15 is 0 Å². The standard InChI is InChI=1S/C23H30N2O/c1-22(2)20-10-9-18(13-23(20,3)14-19(24-4)21(22)26)25-12-11-16-7-5-6-8-17(16)15-25/h5-8,18-20H,9-15H2,1-3H3/t18-,19?,20-,23-/m0/s1. The van der Waals surface area contributed by atoms with Crippen LogP contribution in [0.3, 0.4) is 0 Å². The smallest absolute Gasteiger partial charge is 0.281 e. The van der Waals surface area contributed by atoms with E-state index in [4.69, 9.17) is 6.57 Å². The van der Waals surface area contributed by atoms with Crippen molar-refractivity contribution in [1.82, 2.24) is 4.90 Å². The molecule has 2 fully saturated rings. The maximum absolute atomic E-state index is 12.8. The van der Waals surface area contributed by atoms with Crippen molar-refractivity contribution < 1.29 is 4.79 Å². The Morgan fingerprint density at radius 1 is 1.12 bits per heavy atom. The Labute approximate surface area is 157 Å². The minimum atomic E-state index is -0.438. The van der Waals surface area contributed by atoms with Gasteiger partial charge in [0.25, 0.3) is 6.04 Å². The molecule has 26 heavy (non-hydrogen) atoms. The number of Topliss-reactive ketones (excluding diaryl/α,β-unsaturated/α-hetero) is 1. The Balaban J connectivity index is 1.55. The van der Waals surface area contributed by atoms with Crippen LogP contribution in [-0.2, 0) is 17.8 Å². The predicted octanol–water partition coefficient (Wildman–Crippen LogP) is 4.51. The van der Waals surface area contributed by atoms with Gasteiger partial charge in [0.2, 0.25) is 5.78 Å². The van der Waals surface area contributed by atoms with E-state index < -0.39 is 6.04 Å². The number of ketones is 1. The normalized spacial score (nSPS) is 36.7. The molecule has 0 radical (unpaired) electrons. The first-order valence-electron chi connectivity index (χ1n) is 10.1. The fourth-order valence-electron chi connectivity index (χ4n) is 6.33. The van der Waals surface area contributed by atoms with Crippen molar-refractivity contribution in [1.29, 1.82) is 0 Å². The summed E-state index contributed by atoms with van der Waals surface area (Å²) in [5, 5.41) is 0. The number of hydrogen-bond donors (Lipinski definition) is 0. The van der Waals surface area contributed by atoms with Gasteiger partial charge in [-0.05, 0) is 48.1 Å². The van der Waals surface area contributed by atoms with E-state index in [0.717, 1.165) is 38.8 Å². The van der Waals surface area contributed by atoms with E-state index in [0.29, 0.717) is 12.0 Å². The molecule has 3 nitrogen and oxygen atoms in total. The number of fused-ring (bicyclic) bond motifs is 2. The van der Waals surface area contributed by atoms with Crippen molar-refractivity contribution in [3.63, 3.8) is 0 Å². The van der Waals surface area contributed by atoms with E-state index in [2.05, 4.69) is 54.8 Å². The van der Waals surface area contributed by atoms with Gasteiger partial charge in [-0.3, -0.25) is 9.69 Å². The van der Waals surface area contributed by atoms with Gasteiger partial charge in [-0.1, -0.05) is 45.0 Å². The fraction of sp³-hybridized carbons (Fsp3) is 0.652. The molecule has 0 bridgehead atoms. The van der Waals surface area contributed by atoms with Gasteiger partial charge >= 0.3 is 0 Å². The number of benzene rings is 1. The first-order chi connectivity index (χ1) is 12.3. The van der Waals surface area contributed by atoms with Crippen molar-refractivity contribution in [2.45, 2.75) is 71.5 Å². The first kappa shape index (κ1) is 17.7. The van der Waals surface area contributed by atoms with Crippen molar-refractivity contribution in [2.75, 3.05) is 6.54 Å². The number of nitrogens with zero attached hydrogens (tertiary/aromatic N) is 2. The highest BCUT2D eigenvalue weighted by atomic mass is 16.1. The largest absolute Gasteiger partial charge is 0.305 e. The maximum atomic E-state index is 12.8. The number of carbonyl (C=O) groups excluding carboxylic acids is 1. The molecule has 4 atom stereocenters. The van der Waals surface area contributed by atoms with Gasteiger partial charge in [-0.25, -0.2) is 6.57 Å². The van der Waals surface area contributed by atoms with Crippen LogP contribution in [-0.4, -0.2) is 29.3 Å². The van der Waals surface area contributed by atoms with Gasteiger partial charge < -0.3 is 4.85 Å². The molecule has 1 aromatic carbocycles. The zero-order valence-corrected chi connectivity index (χ0v) is 16.3. The molecule has 0 saturated heterocycles. The Kier molecular flexibility index (Phi) is 4.23. The topological polar surface area (TPSA) is 24.7 Å². The number of hydrogen-bond acceptors (Lipinski definition) is 2. The van der Waals surface area contributed by atoms with Crippen LogP contribution < -0.4 is 0 Å². The summed E-state index contributed by atoms with van der Waals surface area (Å²) in [6.45, 7) is 16.2. The van der Waals surface area contributed by atoms with E-state index in [1.807, 2.05) is 0 Å². The maximum Gasteiger partial charge on any atom is 0.281 e. The van der Waals surface area contributed by atoms with Crippen LogP contribution in [0.2, 0.25) is 0 Å². The minimum Gasteiger partial charge on any atom is -0.305 e. The molecule has 4 rings (SSSR count). The molecule has 138 valence electrons. The summed E-state index contributed by atoms with van der Waals surface area (Å²) in [5.74, 6) is 0.592. The summed E-state index contributed by atoms with van der Waals surface area (Å²) >= 11 is 0. The molecule has 0 aromatic heterocycles. The Hall–Kier alpha value is -1.66. The second-order valence-corrected chi connectivity index (χ2v) is 9.57. The van der Waals surface area contributed by atoms with Crippen molar-refractivity contribution in [3.8, 4) is 0 Å². The van der Waals surface area contributed by atoms with E-state index in [1.54, 1.807) is 0 Å². The SMILES string of the molecule is [C-]#[N+]C1C[C@]2(C)C[C@@H](N3CCc4ccccc4C3)CC[C@H]2C(C)(C)C1=O. The summed E-state index contributed by atoms with van der Waals surface area (Å²) in [5.41, 5.74) is 2.72. The van der Waals surface area contributed by atoms with Crippen molar-refractivity contribution >= 4 is 5.78 Å². The third kappa shape index (κ3) is 2.70. The van der Waals surface area contributed by atoms with Crippen LogP contribution >= 0.6 is 0 Å². The van der Waals surface area contributed by atoms with Crippen LogP contribution in [0.15, 0.2) is 24.3 Å². The van der Waals surface area contributed by atoms with Gasteiger partial charge in [0.15, 0.2) is 0 Å². The van der Waals surface area contributed by atoms with Crippen LogP contribution in [0, 0.1) is 23.3 Å². The van der Waals surface area contributed by atoms with E-state index in [9.17, 15) is 4.79 Å². The third-order valence-corrected chi connectivity index (χ3v) is 7.63. The summed E-state index contributed by atoms with van der Waals surface area (Å²) in [6, 6.07) is 8.97. The van der Waals surface area contributed by atoms with E-state index in [-0.39, 0.29) is 16.6 Å². The highest BCUT2D eigenvalue weighted by molar-refractivity contribution is 5.91. The summed E-state index contributed by atoms with van der Waals surface area (Å²) in [6.07, 6.45) is 5.32. The molecule has 2 saturated carbocycles. The van der Waals surface area contributed by atoms with E-state index in [1.165, 1.54) is 17.5 Å². The monoisotopic (exact) mass is 350 g/mol. The lowest BCUT2D eigenvalue weighted by Crippen LogP contribution is -2.57. The molecule has 0 spiro atoms. The third-order valence-electron chi connectivity index (χ3n) is 7.63. The molecule has 1 aliphatic heterocycles. The second kappa shape index (κ2) is 6.20. The molecule has 2 aliphatic carbocycles. The summed E-state index contributed by atoms with van der Waals surface area (Å²) < 4.78 is 0. The van der Waals surface area contributed by atoms with Crippen LogP contribution in [0.1, 0.15) is 57.6 Å². The number of carbonyl (C=O) groups is 1. The fourth-order valence-corrected chi connectivity index (χ4v) is 6.33. The quantitative estimate of drug-likeness (QED) is 0.696. The predicted molar refractivity (Wildman–Crippen MR) is 104 cm³/mol. The summed E-state index contributed by atoms with van der Waals surface area (Å²) in [7, 11) is 0.